The summed E-state index contributed by atoms with van der Waals surface area (Å²) in [6, 6.07) is 0. The van der Waals surface area contributed by atoms with Gasteiger partial charge in [-0.25, -0.2) is 19.9 Å². The zero-order valence-electron chi connectivity index (χ0n) is 17.3. The second-order valence-electron chi connectivity index (χ2n) is 8.13. The predicted octanol–water partition coefficient (Wildman–Crippen LogP) is 1.46. The molecule has 0 radical (unpaired) electrons. The van der Waals surface area contributed by atoms with Crippen molar-refractivity contribution in [3.05, 3.63) is 35.9 Å². The molecular formula is C20H27N7O2. The van der Waals surface area contributed by atoms with E-state index in [-0.39, 0.29) is 11.7 Å². The monoisotopic (exact) mass is 397 g/mol. The number of nitrogens with zero attached hydrogens (tertiary/aromatic N) is 6. The van der Waals surface area contributed by atoms with E-state index < -0.39 is 5.41 Å². The third-order valence-corrected chi connectivity index (χ3v) is 4.66. The van der Waals surface area contributed by atoms with Crippen LogP contribution in [0.25, 0.3) is 0 Å². The molecule has 3 rings (SSSR count). The highest BCUT2D eigenvalue weighted by molar-refractivity contribution is 5.99. The van der Waals surface area contributed by atoms with E-state index in [4.69, 9.17) is 0 Å². The Balaban J connectivity index is 1.56. The van der Waals surface area contributed by atoms with Gasteiger partial charge in [-0.15, -0.1) is 0 Å². The fraction of sp³-hybridized carbons (Fsp3) is 0.500. The van der Waals surface area contributed by atoms with Crippen LogP contribution in [0.5, 0.6) is 0 Å². The molecule has 0 unspecified atom stereocenters. The smallest absolute Gasteiger partial charge is 0.225 e. The van der Waals surface area contributed by atoms with Crippen LogP contribution in [0, 0.1) is 5.41 Å². The quantitative estimate of drug-likeness (QED) is 0.756. The molecule has 0 spiro atoms. The maximum atomic E-state index is 12.3. The molecule has 0 aromatic carbocycles. The summed E-state index contributed by atoms with van der Waals surface area (Å²) in [6.45, 7) is 10.5. The molecule has 1 aliphatic rings. The van der Waals surface area contributed by atoms with Gasteiger partial charge in [-0.05, 0) is 0 Å². The molecule has 1 saturated heterocycles. The Kier molecular flexibility index (Phi) is 6.05. The van der Waals surface area contributed by atoms with Gasteiger partial charge in [0.2, 0.25) is 17.8 Å². The summed E-state index contributed by atoms with van der Waals surface area (Å²) < 4.78 is 0. The van der Waals surface area contributed by atoms with Gasteiger partial charge in [0.1, 0.15) is 0 Å². The van der Waals surface area contributed by atoms with Crippen molar-refractivity contribution >= 4 is 23.6 Å². The van der Waals surface area contributed by atoms with Crippen LogP contribution in [0.2, 0.25) is 0 Å². The summed E-state index contributed by atoms with van der Waals surface area (Å²) in [5.41, 5.74) is 0.947. The first kappa shape index (κ1) is 20.6. The highest BCUT2D eigenvalue weighted by atomic mass is 16.1. The maximum Gasteiger partial charge on any atom is 0.225 e. The van der Waals surface area contributed by atoms with Crippen molar-refractivity contribution in [2.75, 3.05) is 36.0 Å². The van der Waals surface area contributed by atoms with Crippen molar-refractivity contribution in [1.82, 2.24) is 25.3 Å². The van der Waals surface area contributed by atoms with Crippen LogP contribution in [-0.2, 0) is 11.3 Å². The summed E-state index contributed by atoms with van der Waals surface area (Å²) in [5, 5.41) is 2.73. The zero-order chi connectivity index (χ0) is 21.0. The molecule has 154 valence electrons. The van der Waals surface area contributed by atoms with Crippen LogP contribution >= 0.6 is 0 Å². The Morgan fingerprint density at radius 3 is 1.76 bits per heavy atom. The second-order valence-corrected chi connectivity index (χ2v) is 8.13. The van der Waals surface area contributed by atoms with Crippen LogP contribution in [-0.4, -0.2) is 57.8 Å². The number of nitrogens with one attached hydrogen (secondary N) is 1. The molecule has 0 atom stereocenters. The molecule has 0 aliphatic carbocycles. The minimum absolute atomic E-state index is 0.0352. The molecule has 1 fully saturated rings. The van der Waals surface area contributed by atoms with E-state index in [0.717, 1.165) is 31.7 Å². The highest BCUT2D eigenvalue weighted by Gasteiger charge is 2.25. The van der Waals surface area contributed by atoms with E-state index >= 15 is 0 Å². The maximum absolute atomic E-state index is 12.3. The zero-order valence-corrected chi connectivity index (χ0v) is 17.3. The average Bonchev–Trinajstić information content (AvgIpc) is 2.72. The molecule has 2 aromatic rings. The van der Waals surface area contributed by atoms with E-state index in [1.807, 2.05) is 20.8 Å². The van der Waals surface area contributed by atoms with E-state index in [1.165, 1.54) is 6.92 Å². The van der Waals surface area contributed by atoms with Gasteiger partial charge < -0.3 is 15.1 Å². The minimum atomic E-state index is -0.450. The molecule has 29 heavy (non-hydrogen) atoms. The van der Waals surface area contributed by atoms with Crippen LogP contribution in [0.3, 0.4) is 0 Å². The van der Waals surface area contributed by atoms with Gasteiger partial charge in [0.15, 0.2) is 5.78 Å². The number of anilines is 2. The van der Waals surface area contributed by atoms with Crippen molar-refractivity contribution in [1.29, 1.82) is 0 Å². The van der Waals surface area contributed by atoms with Crippen molar-refractivity contribution in [2.24, 2.45) is 5.41 Å². The Morgan fingerprint density at radius 1 is 0.897 bits per heavy atom. The molecule has 9 heteroatoms. The number of hydrogen-bond donors (Lipinski definition) is 1. The largest absolute Gasteiger partial charge is 0.352 e. The van der Waals surface area contributed by atoms with Crippen molar-refractivity contribution < 1.29 is 9.59 Å². The van der Waals surface area contributed by atoms with E-state index in [2.05, 4.69) is 35.1 Å². The topological polar surface area (TPSA) is 104 Å². The molecule has 9 nitrogen and oxygen atoms in total. The van der Waals surface area contributed by atoms with Crippen molar-refractivity contribution in [3.8, 4) is 0 Å². The lowest BCUT2D eigenvalue weighted by atomic mass is 9.88. The Labute approximate surface area is 170 Å². The summed E-state index contributed by atoms with van der Waals surface area (Å²) in [7, 11) is 0. The normalized spacial score (nSPS) is 14.6. The molecule has 1 N–H and O–H groups in total. The summed E-state index contributed by atoms with van der Waals surface area (Å²) in [6.07, 6.45) is 6.69. The molecule has 1 aliphatic heterocycles. The number of carbonyl (C=O) groups excluding carboxylic acids is 2. The Bertz CT molecular complexity index is 852. The first-order chi connectivity index (χ1) is 13.7. The Morgan fingerprint density at radius 2 is 1.34 bits per heavy atom. The lowest BCUT2D eigenvalue weighted by Gasteiger charge is -2.34. The minimum Gasteiger partial charge on any atom is -0.352 e. The van der Waals surface area contributed by atoms with Crippen LogP contribution in [0.15, 0.2) is 24.8 Å². The van der Waals surface area contributed by atoms with Gasteiger partial charge in [0.05, 0.1) is 5.56 Å². The number of ketones is 1. The molecular weight excluding hydrogens is 370 g/mol. The van der Waals surface area contributed by atoms with Gasteiger partial charge in [-0.2, -0.15) is 0 Å². The third-order valence-electron chi connectivity index (χ3n) is 4.66. The van der Waals surface area contributed by atoms with Crippen LogP contribution in [0.1, 0.15) is 43.6 Å². The molecule has 0 bridgehead atoms. The van der Waals surface area contributed by atoms with E-state index in [0.29, 0.717) is 24.0 Å². The van der Waals surface area contributed by atoms with E-state index in [1.54, 1.807) is 24.8 Å². The standard InChI is InChI=1S/C20H27N7O2/c1-14(28)21-9-15-10-22-18(23-11-15)26-5-7-27(8-6-26)19-24-12-16(13-25-19)17(29)20(2,3)4/h10-13H,5-9H2,1-4H3,(H,21,28). The number of Topliss-reactive ketones (excluding diaryl/α,β-unsaturated/α-hetero) is 1. The van der Waals surface area contributed by atoms with Gasteiger partial charge in [0.25, 0.3) is 0 Å². The third kappa shape index (κ3) is 5.24. The lowest BCUT2D eigenvalue weighted by Crippen LogP contribution is -2.47. The molecule has 2 aromatic heterocycles. The van der Waals surface area contributed by atoms with Gasteiger partial charge in [-0.3, -0.25) is 9.59 Å². The van der Waals surface area contributed by atoms with Crippen LogP contribution in [0.4, 0.5) is 11.9 Å². The SMILES string of the molecule is CC(=O)NCc1cnc(N2CCN(c3ncc(C(=O)C(C)(C)C)cn3)CC2)nc1. The number of amides is 1. The first-order valence-electron chi connectivity index (χ1n) is 9.66. The predicted molar refractivity (Wildman–Crippen MR) is 110 cm³/mol. The van der Waals surface area contributed by atoms with E-state index in [9.17, 15) is 9.59 Å². The van der Waals surface area contributed by atoms with Gasteiger partial charge >= 0.3 is 0 Å². The fourth-order valence-corrected chi connectivity index (χ4v) is 2.97. The van der Waals surface area contributed by atoms with Gasteiger partial charge in [-0.1, -0.05) is 20.8 Å². The fourth-order valence-electron chi connectivity index (χ4n) is 2.97. The van der Waals surface area contributed by atoms with Crippen molar-refractivity contribution in [3.63, 3.8) is 0 Å². The summed E-state index contributed by atoms with van der Waals surface area (Å²) in [4.78, 5) is 45.1. The first-order valence-corrected chi connectivity index (χ1v) is 9.66. The summed E-state index contributed by atoms with van der Waals surface area (Å²) >= 11 is 0. The van der Waals surface area contributed by atoms with Gasteiger partial charge in [0, 0.05) is 75.4 Å². The number of hydrogen-bond acceptors (Lipinski definition) is 8. The molecule has 3 heterocycles. The Hall–Kier alpha value is -3.10. The molecule has 1 amide bonds. The second kappa shape index (κ2) is 8.50. The number of carbonyl (C=O) groups is 2. The number of rotatable bonds is 5. The highest BCUT2D eigenvalue weighted by Crippen LogP contribution is 2.21. The van der Waals surface area contributed by atoms with Crippen molar-refractivity contribution in [2.45, 2.75) is 34.2 Å². The average molecular weight is 397 g/mol. The number of aromatic nitrogens is 4. The summed E-state index contributed by atoms with van der Waals surface area (Å²) in [5.74, 6) is 1.25. The lowest BCUT2D eigenvalue weighted by molar-refractivity contribution is -0.119. The molecule has 0 saturated carbocycles. The number of piperazine rings is 1. The van der Waals surface area contributed by atoms with Crippen LogP contribution < -0.4 is 15.1 Å².